The van der Waals surface area contributed by atoms with Gasteiger partial charge >= 0.3 is 0 Å². The van der Waals surface area contributed by atoms with Crippen LogP contribution in [0.4, 0.5) is 0 Å². The van der Waals surface area contributed by atoms with Crippen molar-refractivity contribution in [3.63, 3.8) is 0 Å². The van der Waals surface area contributed by atoms with Gasteiger partial charge in [0.15, 0.2) is 5.06 Å². The summed E-state index contributed by atoms with van der Waals surface area (Å²) < 4.78 is 7.53. The summed E-state index contributed by atoms with van der Waals surface area (Å²) in [6.07, 6.45) is 0. The molecule has 14 heavy (non-hydrogen) atoms. The van der Waals surface area contributed by atoms with Crippen molar-refractivity contribution in [1.29, 1.82) is 0 Å². The molecule has 2 rings (SSSR count). The first kappa shape index (κ1) is 10.3. The Hall–Kier alpha value is -0.250. The predicted molar refractivity (Wildman–Crippen MR) is 65.7 cm³/mol. The van der Waals surface area contributed by atoms with Gasteiger partial charge in [0.05, 0.1) is 20.8 Å². The third-order valence-electron chi connectivity index (χ3n) is 1.84. The third-order valence-corrected chi connectivity index (χ3v) is 4.55. The SMILES string of the molecule is CCOc1cc2ccc(Cl)c(Br)c2s1. The fourth-order valence-corrected chi connectivity index (χ4v) is 3.06. The largest absolute Gasteiger partial charge is 0.484 e. The second-order valence-corrected chi connectivity index (χ2v) is 4.99. The highest BCUT2D eigenvalue weighted by Crippen LogP contribution is 2.39. The molecule has 1 aromatic heterocycles. The van der Waals surface area contributed by atoms with Gasteiger partial charge in [-0.25, -0.2) is 0 Å². The normalized spacial score (nSPS) is 10.8. The van der Waals surface area contributed by atoms with Gasteiger partial charge in [0.2, 0.25) is 0 Å². The minimum Gasteiger partial charge on any atom is -0.484 e. The van der Waals surface area contributed by atoms with Crippen LogP contribution in [-0.2, 0) is 0 Å². The zero-order valence-electron chi connectivity index (χ0n) is 7.51. The van der Waals surface area contributed by atoms with Crippen LogP contribution >= 0.6 is 38.9 Å². The zero-order chi connectivity index (χ0) is 10.1. The lowest BCUT2D eigenvalue weighted by Gasteiger charge is -1.95. The van der Waals surface area contributed by atoms with Gasteiger partial charge in [0.25, 0.3) is 0 Å². The van der Waals surface area contributed by atoms with Gasteiger partial charge in [-0.2, -0.15) is 0 Å². The molecule has 0 bridgehead atoms. The molecule has 0 atom stereocenters. The number of benzene rings is 1. The molecule has 1 aromatic carbocycles. The van der Waals surface area contributed by atoms with E-state index >= 15 is 0 Å². The topological polar surface area (TPSA) is 9.23 Å². The molecule has 74 valence electrons. The second kappa shape index (κ2) is 4.09. The summed E-state index contributed by atoms with van der Waals surface area (Å²) in [6, 6.07) is 5.92. The average Bonchev–Trinajstić information content (AvgIpc) is 2.56. The van der Waals surface area contributed by atoms with Crippen LogP contribution < -0.4 is 4.74 Å². The van der Waals surface area contributed by atoms with Crippen molar-refractivity contribution in [2.45, 2.75) is 6.92 Å². The quantitative estimate of drug-likeness (QED) is 0.778. The molecule has 0 saturated heterocycles. The third kappa shape index (κ3) is 1.76. The second-order valence-electron chi connectivity index (χ2n) is 2.78. The Balaban J connectivity index is 2.59. The zero-order valence-corrected chi connectivity index (χ0v) is 10.7. The Kier molecular flexibility index (Phi) is 3.00. The molecule has 0 saturated carbocycles. The number of ether oxygens (including phenoxy) is 1. The van der Waals surface area contributed by atoms with E-state index in [4.69, 9.17) is 16.3 Å². The van der Waals surface area contributed by atoms with Crippen molar-refractivity contribution in [3.8, 4) is 5.06 Å². The number of fused-ring (bicyclic) bond motifs is 1. The molecular formula is C10H8BrClOS. The number of halogens is 2. The number of thiophene rings is 1. The van der Waals surface area contributed by atoms with E-state index < -0.39 is 0 Å². The van der Waals surface area contributed by atoms with E-state index in [-0.39, 0.29) is 0 Å². The minimum atomic E-state index is 0.693. The standard InChI is InChI=1S/C10H8BrClOS/c1-2-13-8-5-6-3-4-7(12)9(11)10(6)14-8/h3-5H,2H2,1H3. The van der Waals surface area contributed by atoms with E-state index in [1.807, 2.05) is 25.1 Å². The monoisotopic (exact) mass is 290 g/mol. The van der Waals surface area contributed by atoms with Crippen LogP contribution in [0.3, 0.4) is 0 Å². The molecular weight excluding hydrogens is 284 g/mol. The van der Waals surface area contributed by atoms with Crippen molar-refractivity contribution < 1.29 is 4.74 Å². The summed E-state index contributed by atoms with van der Waals surface area (Å²) in [5.74, 6) is 0. The number of hydrogen-bond donors (Lipinski definition) is 0. The van der Waals surface area contributed by atoms with E-state index in [1.54, 1.807) is 11.3 Å². The Morgan fingerprint density at radius 3 is 3.00 bits per heavy atom. The van der Waals surface area contributed by atoms with Crippen LogP contribution in [0, 0.1) is 0 Å². The number of hydrogen-bond acceptors (Lipinski definition) is 2. The first-order valence-corrected chi connectivity index (χ1v) is 6.21. The molecule has 0 radical (unpaired) electrons. The van der Waals surface area contributed by atoms with Crippen LogP contribution in [0.2, 0.25) is 5.02 Å². The van der Waals surface area contributed by atoms with Crippen LogP contribution in [-0.4, -0.2) is 6.61 Å². The Morgan fingerprint density at radius 2 is 2.29 bits per heavy atom. The van der Waals surface area contributed by atoms with Gasteiger partial charge in [-0.1, -0.05) is 29.0 Å². The molecule has 0 amide bonds. The van der Waals surface area contributed by atoms with Crippen molar-refractivity contribution in [1.82, 2.24) is 0 Å². The van der Waals surface area contributed by atoms with Gasteiger partial charge < -0.3 is 4.74 Å². The van der Waals surface area contributed by atoms with Crippen molar-refractivity contribution in [2.24, 2.45) is 0 Å². The molecule has 2 aromatic rings. The summed E-state index contributed by atoms with van der Waals surface area (Å²) in [6.45, 7) is 2.67. The van der Waals surface area contributed by atoms with Crippen molar-refractivity contribution >= 4 is 49.0 Å². The highest BCUT2D eigenvalue weighted by molar-refractivity contribution is 9.10. The molecule has 0 N–H and O–H groups in total. The minimum absolute atomic E-state index is 0.693. The predicted octanol–water partition coefficient (Wildman–Crippen LogP) is 4.72. The number of rotatable bonds is 2. The molecule has 0 aliphatic rings. The van der Waals surface area contributed by atoms with Crippen LogP contribution in [0.1, 0.15) is 6.92 Å². The Labute approximate surface area is 99.8 Å². The maximum absolute atomic E-state index is 5.99. The Bertz CT molecular complexity index is 466. The van der Waals surface area contributed by atoms with Crippen molar-refractivity contribution in [2.75, 3.05) is 6.61 Å². The first-order chi connectivity index (χ1) is 6.72. The maximum Gasteiger partial charge on any atom is 0.174 e. The molecule has 1 nitrogen and oxygen atoms in total. The van der Waals surface area contributed by atoms with Gasteiger partial charge in [-0.15, -0.1) is 0 Å². The smallest absolute Gasteiger partial charge is 0.174 e. The fraction of sp³-hybridized carbons (Fsp3) is 0.200. The molecule has 4 heteroatoms. The molecule has 1 heterocycles. The van der Waals surface area contributed by atoms with E-state index in [0.29, 0.717) is 6.61 Å². The van der Waals surface area contributed by atoms with Gasteiger partial charge in [0, 0.05) is 0 Å². The summed E-state index contributed by atoms with van der Waals surface area (Å²) in [7, 11) is 0. The first-order valence-electron chi connectivity index (χ1n) is 4.22. The lowest BCUT2D eigenvalue weighted by molar-refractivity contribution is 0.350. The molecule has 0 spiro atoms. The maximum atomic E-state index is 5.99. The van der Waals surface area contributed by atoms with E-state index in [0.717, 1.165) is 24.6 Å². The highest BCUT2D eigenvalue weighted by Gasteiger charge is 2.08. The van der Waals surface area contributed by atoms with Crippen LogP contribution in [0.5, 0.6) is 5.06 Å². The average molecular weight is 292 g/mol. The van der Waals surface area contributed by atoms with E-state index in [2.05, 4.69) is 15.9 Å². The summed E-state index contributed by atoms with van der Waals surface area (Å²) in [5, 5.41) is 2.84. The fourth-order valence-electron chi connectivity index (χ4n) is 1.23. The van der Waals surface area contributed by atoms with E-state index in [1.165, 1.54) is 0 Å². The van der Waals surface area contributed by atoms with Crippen LogP contribution in [0.15, 0.2) is 22.7 Å². The molecule has 0 unspecified atom stereocenters. The van der Waals surface area contributed by atoms with Crippen molar-refractivity contribution in [3.05, 3.63) is 27.7 Å². The molecule has 0 aliphatic heterocycles. The molecule has 0 aliphatic carbocycles. The van der Waals surface area contributed by atoms with Gasteiger partial charge in [-0.3, -0.25) is 0 Å². The van der Waals surface area contributed by atoms with Gasteiger partial charge in [-0.05, 0) is 40.4 Å². The highest BCUT2D eigenvalue weighted by atomic mass is 79.9. The van der Waals surface area contributed by atoms with E-state index in [9.17, 15) is 0 Å². The van der Waals surface area contributed by atoms with Gasteiger partial charge in [0.1, 0.15) is 0 Å². The molecule has 0 fully saturated rings. The summed E-state index contributed by atoms with van der Waals surface area (Å²) >= 11 is 11.1. The van der Waals surface area contributed by atoms with Crippen LogP contribution in [0.25, 0.3) is 10.1 Å². The Morgan fingerprint density at radius 1 is 1.50 bits per heavy atom. The lowest BCUT2D eigenvalue weighted by Crippen LogP contribution is -1.86. The summed E-state index contributed by atoms with van der Waals surface area (Å²) in [4.78, 5) is 0. The lowest BCUT2D eigenvalue weighted by atomic mass is 10.3. The summed E-state index contributed by atoms with van der Waals surface area (Å²) in [5.41, 5.74) is 0.